The van der Waals surface area contributed by atoms with Crippen LogP contribution in [0.25, 0.3) is 0 Å². The molecule has 0 saturated carbocycles. The van der Waals surface area contributed by atoms with Gasteiger partial charge in [-0.15, -0.1) is 0 Å². The average molecular weight is 449 g/mol. The molecule has 0 aromatic heterocycles. The third-order valence-electron chi connectivity index (χ3n) is 2.35. The van der Waals surface area contributed by atoms with Crippen molar-refractivity contribution in [1.82, 2.24) is 0 Å². The Morgan fingerprint density at radius 3 is 1.09 bits per heavy atom. The third kappa shape index (κ3) is 81.3. The molecule has 0 unspecified atom stereocenters. The fourth-order valence-electron chi connectivity index (χ4n) is 1.49. The standard InChI is InChI=1S/C11H23.2H3O3PS.Zn/c1-3-5-7-9-11-10-8-6-4-2;2*1-4(2,3)5;/h1,3-11H2,2H3;2*(H3,1,2,3,5);. The molecule has 0 bridgehead atoms. The van der Waals surface area contributed by atoms with E-state index in [9.17, 15) is 0 Å². The van der Waals surface area contributed by atoms with Gasteiger partial charge in [0.1, 0.15) is 0 Å². The van der Waals surface area contributed by atoms with Crippen LogP contribution in [0.1, 0.15) is 64.7 Å². The molecule has 22 heavy (non-hydrogen) atoms. The Balaban J connectivity index is -0.000000298. The molecule has 0 radical (unpaired) electrons. The minimum absolute atomic E-state index is 1.38. The van der Waals surface area contributed by atoms with Crippen molar-refractivity contribution in [3.8, 4) is 0 Å². The Bertz CT molecular complexity index is 264. The molecule has 11 heteroatoms. The molecule has 0 fully saturated rings. The molecule has 0 amide bonds. The summed E-state index contributed by atoms with van der Waals surface area (Å²) in [5.74, 6) is 0. The molecule has 0 saturated heterocycles. The summed E-state index contributed by atoms with van der Waals surface area (Å²) in [5, 5.41) is 1.50. The van der Waals surface area contributed by atoms with Crippen LogP contribution in [-0.2, 0) is 41.9 Å². The van der Waals surface area contributed by atoms with E-state index in [4.69, 9.17) is 29.4 Å². The van der Waals surface area contributed by atoms with E-state index >= 15 is 0 Å². The molecule has 0 aliphatic carbocycles. The van der Waals surface area contributed by atoms with Gasteiger partial charge in [-0.25, -0.2) is 0 Å². The Morgan fingerprint density at radius 1 is 0.636 bits per heavy atom. The van der Waals surface area contributed by atoms with Crippen molar-refractivity contribution in [2.24, 2.45) is 0 Å². The molecule has 133 valence electrons. The van der Waals surface area contributed by atoms with Gasteiger partial charge in [0, 0.05) is 0 Å². The van der Waals surface area contributed by atoms with Crippen molar-refractivity contribution in [2.45, 2.75) is 69.7 Å². The number of unbranched alkanes of at least 4 members (excludes halogenated alkanes) is 8. The van der Waals surface area contributed by atoms with Crippen LogP contribution >= 0.6 is 13.4 Å². The predicted molar refractivity (Wildman–Crippen MR) is 93.9 cm³/mol. The minimum atomic E-state index is -3.81. The van der Waals surface area contributed by atoms with Gasteiger partial charge in [0.2, 0.25) is 0 Å². The van der Waals surface area contributed by atoms with E-state index in [0.717, 1.165) is 0 Å². The normalized spacial score (nSPS) is 11.1. The molecule has 6 nitrogen and oxygen atoms in total. The number of hydrogen-bond acceptors (Lipinski definition) is 2. The van der Waals surface area contributed by atoms with Gasteiger partial charge in [-0.05, 0) is 23.6 Å². The van der Waals surface area contributed by atoms with Crippen LogP contribution in [0.4, 0.5) is 0 Å². The first kappa shape index (κ1) is 28.5. The smallest absolute Gasteiger partial charge is 0.319 e. The predicted octanol–water partition coefficient (Wildman–Crippen LogP) is 2.86. The summed E-state index contributed by atoms with van der Waals surface area (Å²) in [5.41, 5.74) is 0. The van der Waals surface area contributed by atoms with Gasteiger partial charge in [-0.3, -0.25) is 0 Å². The molecule has 0 rings (SSSR count). The minimum Gasteiger partial charge on any atom is -0.325 e. The van der Waals surface area contributed by atoms with Gasteiger partial charge in [-0.2, -0.15) is 0 Å². The van der Waals surface area contributed by atoms with Crippen molar-refractivity contribution in [1.29, 1.82) is 0 Å². The molecule has 0 spiro atoms. The first-order chi connectivity index (χ1) is 9.91. The second kappa shape index (κ2) is 19.0. The molecular formula is C11H29O6P2S2Zn. The van der Waals surface area contributed by atoms with E-state index in [1.54, 1.807) is 0 Å². The Labute approximate surface area is 154 Å². The summed E-state index contributed by atoms with van der Waals surface area (Å²) in [4.78, 5) is 45.3. The summed E-state index contributed by atoms with van der Waals surface area (Å²) in [6.45, 7) is -5.33. The second-order valence-corrected chi connectivity index (χ2v) is 11.2. The van der Waals surface area contributed by atoms with Gasteiger partial charge >= 0.3 is 101 Å². The first-order valence-electron chi connectivity index (χ1n) is 7.27. The quantitative estimate of drug-likeness (QED) is 0.181. The SMILES string of the molecule is CCCCCCCCCC[CH2][Zn].OP(O)(O)=S.OP(O)(O)=S. The fraction of sp³-hybridized carbons (Fsp3) is 1.00. The maximum absolute atomic E-state index is 7.56. The fourth-order valence-corrected chi connectivity index (χ4v) is 2.23. The van der Waals surface area contributed by atoms with E-state index in [-0.39, 0.29) is 0 Å². The van der Waals surface area contributed by atoms with Crippen LogP contribution < -0.4 is 0 Å². The van der Waals surface area contributed by atoms with E-state index in [2.05, 4.69) is 30.5 Å². The summed E-state index contributed by atoms with van der Waals surface area (Å²) in [6.07, 6.45) is 13.2. The molecule has 0 aliphatic rings. The number of rotatable bonds is 9. The van der Waals surface area contributed by atoms with Gasteiger partial charge in [0.25, 0.3) is 0 Å². The topological polar surface area (TPSA) is 121 Å². The van der Waals surface area contributed by atoms with Crippen LogP contribution in [0.5, 0.6) is 0 Å². The maximum atomic E-state index is 7.56. The zero-order chi connectivity index (χ0) is 18.1. The van der Waals surface area contributed by atoms with E-state index in [0.29, 0.717) is 0 Å². The molecule has 0 heterocycles. The van der Waals surface area contributed by atoms with Crippen molar-refractivity contribution in [3.63, 3.8) is 0 Å². The monoisotopic (exact) mass is 447 g/mol. The maximum Gasteiger partial charge on any atom is 0.319 e. The summed E-state index contributed by atoms with van der Waals surface area (Å²) < 4.78 is 0. The van der Waals surface area contributed by atoms with Crippen molar-refractivity contribution in [2.75, 3.05) is 0 Å². The van der Waals surface area contributed by atoms with Crippen LogP contribution in [0.2, 0.25) is 5.02 Å². The van der Waals surface area contributed by atoms with Crippen LogP contribution in [0.15, 0.2) is 0 Å². The van der Waals surface area contributed by atoms with Gasteiger partial charge < -0.3 is 29.4 Å². The molecule has 0 aromatic rings. The second-order valence-electron chi connectivity index (χ2n) is 4.71. The Hall–Kier alpha value is 1.68. The van der Waals surface area contributed by atoms with Crippen molar-refractivity contribution < 1.29 is 47.7 Å². The first-order valence-corrected chi connectivity index (χ1v) is 14.7. The van der Waals surface area contributed by atoms with Gasteiger partial charge in [0.15, 0.2) is 0 Å². The van der Waals surface area contributed by atoms with Gasteiger partial charge in [0.05, 0.1) is 0 Å². The van der Waals surface area contributed by atoms with Crippen molar-refractivity contribution in [3.05, 3.63) is 0 Å². The summed E-state index contributed by atoms with van der Waals surface area (Å²) >= 11 is 8.70. The van der Waals surface area contributed by atoms with Crippen LogP contribution in [0, 0.1) is 0 Å². The van der Waals surface area contributed by atoms with E-state index in [1.165, 1.54) is 81.1 Å². The third-order valence-corrected chi connectivity index (χ3v) is 3.40. The van der Waals surface area contributed by atoms with Crippen LogP contribution in [-0.4, -0.2) is 29.4 Å². The zero-order valence-corrected chi connectivity index (χ0v) is 19.6. The summed E-state index contributed by atoms with van der Waals surface area (Å²) in [7, 11) is 0. The molecule has 0 atom stereocenters. The molecule has 0 aliphatic heterocycles. The van der Waals surface area contributed by atoms with E-state index in [1.807, 2.05) is 0 Å². The molecule has 0 aromatic carbocycles. The summed E-state index contributed by atoms with van der Waals surface area (Å²) in [6, 6.07) is 0. The van der Waals surface area contributed by atoms with E-state index < -0.39 is 13.4 Å². The van der Waals surface area contributed by atoms with Crippen LogP contribution in [0.3, 0.4) is 0 Å². The zero-order valence-electron chi connectivity index (χ0n) is 13.2. The molecule has 6 N–H and O–H groups in total. The van der Waals surface area contributed by atoms with Gasteiger partial charge in [-0.1, -0.05) is 0 Å². The van der Waals surface area contributed by atoms with Crippen molar-refractivity contribution >= 4 is 37.1 Å². The Morgan fingerprint density at radius 2 is 0.864 bits per heavy atom. The Kier molecular flexibility index (Phi) is 24.6. The largest absolute Gasteiger partial charge is 0.325 e. The molecular weight excluding hydrogens is 420 g/mol. The average Bonchev–Trinajstić information content (AvgIpc) is 2.28. The number of hydrogen-bond donors (Lipinski definition) is 6.